The van der Waals surface area contributed by atoms with Crippen molar-refractivity contribution in [2.75, 3.05) is 5.32 Å². The molecule has 0 saturated heterocycles. The quantitative estimate of drug-likeness (QED) is 0.641. The predicted molar refractivity (Wildman–Crippen MR) is 92.0 cm³/mol. The maximum Gasteiger partial charge on any atom is 0.261 e. The number of H-pyrrole nitrogens is 2. The minimum Gasteiger partial charge on any atom is -0.338 e. The van der Waals surface area contributed by atoms with Crippen molar-refractivity contribution in [2.45, 2.75) is 30.4 Å². The van der Waals surface area contributed by atoms with E-state index in [0.29, 0.717) is 16.7 Å². The van der Waals surface area contributed by atoms with Gasteiger partial charge in [0.05, 0.1) is 5.52 Å². The Labute approximate surface area is 132 Å². The molecule has 0 unspecified atom stereocenters. The van der Waals surface area contributed by atoms with Gasteiger partial charge in [0.2, 0.25) is 0 Å². The zero-order chi connectivity index (χ0) is 15.7. The fourth-order valence-electron chi connectivity index (χ4n) is 2.17. The predicted octanol–water partition coefficient (Wildman–Crippen LogP) is 3.89. The van der Waals surface area contributed by atoms with Gasteiger partial charge in [0, 0.05) is 21.5 Å². The van der Waals surface area contributed by atoms with Crippen molar-refractivity contribution in [2.24, 2.45) is 0 Å². The van der Waals surface area contributed by atoms with Crippen LogP contribution in [0, 0.1) is 0 Å². The van der Waals surface area contributed by atoms with Crippen LogP contribution in [0.1, 0.15) is 20.8 Å². The molecule has 0 amide bonds. The Hall–Kier alpha value is -2.21. The molecule has 0 atom stereocenters. The van der Waals surface area contributed by atoms with E-state index >= 15 is 0 Å². The Kier molecular flexibility index (Phi) is 3.70. The lowest BCUT2D eigenvalue weighted by Crippen LogP contribution is -2.06. The van der Waals surface area contributed by atoms with E-state index in [-0.39, 0.29) is 10.3 Å². The van der Waals surface area contributed by atoms with Gasteiger partial charge in [0.15, 0.2) is 5.82 Å². The first-order valence-corrected chi connectivity index (χ1v) is 7.86. The fraction of sp³-hybridized carbons (Fsp3) is 0.250. The molecule has 5 nitrogen and oxygen atoms in total. The van der Waals surface area contributed by atoms with Gasteiger partial charge in [0.1, 0.15) is 5.39 Å². The zero-order valence-corrected chi connectivity index (χ0v) is 13.5. The summed E-state index contributed by atoms with van der Waals surface area (Å²) < 4.78 is 0.181. The second-order valence-electron chi connectivity index (χ2n) is 6.03. The molecule has 22 heavy (non-hydrogen) atoms. The Morgan fingerprint density at radius 2 is 1.86 bits per heavy atom. The first kappa shape index (κ1) is 14.7. The Balaban J connectivity index is 1.85. The summed E-state index contributed by atoms with van der Waals surface area (Å²) in [4.78, 5) is 15.8. The number of benzene rings is 1. The number of fused-ring (bicyclic) bond motifs is 1. The maximum atomic E-state index is 11.9. The number of nitrogens with zero attached hydrogens (tertiary/aromatic N) is 1. The minimum atomic E-state index is -0.159. The number of nitrogens with one attached hydrogen (secondary N) is 3. The van der Waals surface area contributed by atoms with Crippen molar-refractivity contribution in [3.05, 3.63) is 46.9 Å². The summed E-state index contributed by atoms with van der Waals surface area (Å²) in [5, 5.41) is 10.8. The van der Waals surface area contributed by atoms with Crippen LogP contribution in [0.4, 0.5) is 11.5 Å². The molecular formula is C16H18N4OS. The molecule has 1 aromatic carbocycles. The van der Waals surface area contributed by atoms with Crippen LogP contribution >= 0.6 is 11.8 Å². The molecule has 0 aliphatic rings. The number of pyridine rings is 1. The van der Waals surface area contributed by atoms with Crippen molar-refractivity contribution in [1.82, 2.24) is 15.2 Å². The summed E-state index contributed by atoms with van der Waals surface area (Å²) in [6.07, 6.45) is 1.60. The molecule has 6 heteroatoms. The van der Waals surface area contributed by atoms with Gasteiger partial charge >= 0.3 is 0 Å². The normalized spacial score (nSPS) is 11.8. The van der Waals surface area contributed by atoms with Crippen molar-refractivity contribution in [3.8, 4) is 0 Å². The second kappa shape index (κ2) is 5.53. The summed E-state index contributed by atoms with van der Waals surface area (Å²) >= 11 is 1.82. The lowest BCUT2D eigenvalue weighted by Gasteiger charge is -2.17. The highest BCUT2D eigenvalue weighted by atomic mass is 32.2. The van der Waals surface area contributed by atoms with Crippen LogP contribution in [0.3, 0.4) is 0 Å². The third-order valence-electron chi connectivity index (χ3n) is 3.03. The van der Waals surface area contributed by atoms with E-state index in [1.165, 1.54) is 4.90 Å². The van der Waals surface area contributed by atoms with Crippen molar-refractivity contribution in [3.63, 3.8) is 0 Å². The number of anilines is 2. The molecule has 2 aromatic heterocycles. The van der Waals surface area contributed by atoms with Crippen molar-refractivity contribution >= 4 is 34.2 Å². The van der Waals surface area contributed by atoms with Crippen LogP contribution in [0.2, 0.25) is 0 Å². The van der Waals surface area contributed by atoms with E-state index in [1.54, 1.807) is 12.3 Å². The minimum absolute atomic E-state index is 0.159. The van der Waals surface area contributed by atoms with E-state index in [1.807, 2.05) is 23.9 Å². The molecule has 3 rings (SSSR count). The van der Waals surface area contributed by atoms with Gasteiger partial charge in [-0.25, -0.2) is 0 Å². The van der Waals surface area contributed by atoms with E-state index in [4.69, 9.17) is 0 Å². The van der Waals surface area contributed by atoms with Crippen LogP contribution in [-0.4, -0.2) is 19.9 Å². The molecule has 2 heterocycles. The summed E-state index contributed by atoms with van der Waals surface area (Å²) in [7, 11) is 0. The smallest absolute Gasteiger partial charge is 0.261 e. The molecule has 0 saturated carbocycles. The molecule has 0 spiro atoms. The lowest BCUT2D eigenvalue weighted by molar-refractivity contribution is 0.803. The maximum absolute atomic E-state index is 11.9. The number of thioether (sulfide) groups is 1. The number of aromatic nitrogens is 3. The van der Waals surface area contributed by atoms with Crippen LogP contribution in [0.25, 0.3) is 10.9 Å². The van der Waals surface area contributed by atoms with Gasteiger partial charge < -0.3 is 10.3 Å². The molecule has 0 aliphatic heterocycles. The van der Waals surface area contributed by atoms with E-state index in [2.05, 4.69) is 53.4 Å². The monoisotopic (exact) mass is 314 g/mol. The number of hydrogen-bond donors (Lipinski definition) is 3. The third kappa shape index (κ3) is 3.17. The van der Waals surface area contributed by atoms with Crippen molar-refractivity contribution < 1.29 is 0 Å². The SMILES string of the molecule is CC(C)(C)Sc1ccc(Nc2n[nH]c3cc[nH]c(=O)c23)cc1. The van der Waals surface area contributed by atoms with Gasteiger partial charge in [0.25, 0.3) is 5.56 Å². The average molecular weight is 314 g/mol. The molecule has 114 valence electrons. The summed E-state index contributed by atoms with van der Waals surface area (Å²) in [5.41, 5.74) is 1.45. The van der Waals surface area contributed by atoms with Crippen LogP contribution in [-0.2, 0) is 0 Å². The highest BCUT2D eigenvalue weighted by Gasteiger charge is 2.12. The topological polar surface area (TPSA) is 73.6 Å². The van der Waals surface area contributed by atoms with Crippen LogP contribution in [0.15, 0.2) is 46.2 Å². The summed E-state index contributed by atoms with van der Waals surface area (Å²) in [5.74, 6) is 0.535. The van der Waals surface area contributed by atoms with Crippen LogP contribution in [0.5, 0.6) is 0 Å². The molecule has 3 N–H and O–H groups in total. The lowest BCUT2D eigenvalue weighted by atomic mass is 10.2. The largest absolute Gasteiger partial charge is 0.338 e. The molecule has 0 bridgehead atoms. The highest BCUT2D eigenvalue weighted by molar-refractivity contribution is 8.00. The Bertz CT molecular complexity index is 843. The fourth-order valence-corrected chi connectivity index (χ4v) is 3.15. The Morgan fingerprint density at radius 1 is 1.14 bits per heavy atom. The third-order valence-corrected chi connectivity index (χ3v) is 4.15. The van der Waals surface area contributed by atoms with Gasteiger partial charge in [-0.2, -0.15) is 5.10 Å². The van der Waals surface area contributed by atoms with Crippen LogP contribution < -0.4 is 10.9 Å². The molecular weight excluding hydrogens is 296 g/mol. The van der Waals surface area contributed by atoms with Gasteiger partial charge in [-0.05, 0) is 30.3 Å². The molecule has 3 aromatic rings. The number of aromatic amines is 2. The van der Waals surface area contributed by atoms with Crippen molar-refractivity contribution in [1.29, 1.82) is 0 Å². The highest BCUT2D eigenvalue weighted by Crippen LogP contribution is 2.32. The van der Waals surface area contributed by atoms with Gasteiger partial charge in [-0.1, -0.05) is 20.8 Å². The summed E-state index contributed by atoms with van der Waals surface area (Å²) in [6.45, 7) is 6.56. The average Bonchev–Trinajstić information content (AvgIpc) is 2.84. The number of rotatable bonds is 3. The molecule has 0 aliphatic carbocycles. The van der Waals surface area contributed by atoms with Gasteiger partial charge in [-0.15, -0.1) is 11.8 Å². The second-order valence-corrected chi connectivity index (χ2v) is 7.93. The van der Waals surface area contributed by atoms with Gasteiger partial charge in [-0.3, -0.25) is 9.89 Å². The Morgan fingerprint density at radius 3 is 2.55 bits per heavy atom. The summed E-state index contributed by atoms with van der Waals surface area (Å²) in [6, 6.07) is 9.91. The number of hydrogen-bond acceptors (Lipinski definition) is 4. The first-order chi connectivity index (χ1) is 10.4. The standard InChI is InChI=1S/C16H18N4OS/c1-16(2,3)22-11-6-4-10(5-7-11)18-14-13-12(19-20-14)8-9-17-15(13)21/h4-9H,1-3H3,(H,17,21)(H2,18,19,20). The van der Waals surface area contributed by atoms with E-state index in [0.717, 1.165) is 5.69 Å². The molecule has 0 radical (unpaired) electrons. The van der Waals surface area contributed by atoms with E-state index in [9.17, 15) is 4.79 Å². The van der Waals surface area contributed by atoms with E-state index < -0.39 is 0 Å². The first-order valence-electron chi connectivity index (χ1n) is 7.04. The zero-order valence-electron chi connectivity index (χ0n) is 12.7. The molecule has 0 fully saturated rings.